The maximum absolute atomic E-state index is 12.3. The summed E-state index contributed by atoms with van der Waals surface area (Å²) < 4.78 is 0. The maximum atomic E-state index is 12.3. The van der Waals surface area contributed by atoms with Gasteiger partial charge in [-0.25, -0.2) is 4.98 Å². The smallest absolute Gasteiger partial charge is 0.230 e. The zero-order valence-corrected chi connectivity index (χ0v) is 16.2. The zero-order valence-electron chi connectivity index (χ0n) is 15.4. The minimum absolute atomic E-state index is 0.156. The Morgan fingerprint density at radius 1 is 1.08 bits per heavy atom. The van der Waals surface area contributed by atoms with Gasteiger partial charge in [0.25, 0.3) is 0 Å². The van der Waals surface area contributed by atoms with Gasteiger partial charge in [-0.1, -0.05) is 68.5 Å². The lowest BCUT2D eigenvalue weighted by atomic mass is 9.98. The van der Waals surface area contributed by atoms with Crippen molar-refractivity contribution in [3.8, 4) is 0 Å². The summed E-state index contributed by atoms with van der Waals surface area (Å²) >= 11 is 1.61. The van der Waals surface area contributed by atoms with E-state index in [-0.39, 0.29) is 5.91 Å². The molecule has 138 valence electrons. The van der Waals surface area contributed by atoms with Crippen LogP contribution < -0.4 is 5.32 Å². The Labute approximate surface area is 160 Å². The number of para-hydroxylation sites is 1. The van der Waals surface area contributed by atoms with Crippen LogP contribution in [0.4, 0.5) is 0 Å². The number of thioether (sulfide) groups is 1. The maximum Gasteiger partial charge on any atom is 0.230 e. The third-order valence-electron chi connectivity index (χ3n) is 5.81. The molecule has 3 nitrogen and oxygen atoms in total. The minimum atomic E-state index is 0.156. The number of rotatable bonds is 6. The fraction of sp³-hybridized carbons (Fsp3) is 0.545. The lowest BCUT2D eigenvalue weighted by Crippen LogP contribution is -2.33. The van der Waals surface area contributed by atoms with Crippen molar-refractivity contribution in [1.82, 2.24) is 10.3 Å². The van der Waals surface area contributed by atoms with Crippen molar-refractivity contribution in [3.05, 3.63) is 35.9 Å². The SMILES string of the molecule is O=C(CSc1nc2ccccc2cc1CC1CCCC1)NC1CCCC1. The predicted molar refractivity (Wildman–Crippen MR) is 109 cm³/mol. The van der Waals surface area contributed by atoms with E-state index in [2.05, 4.69) is 29.6 Å². The van der Waals surface area contributed by atoms with E-state index in [9.17, 15) is 4.79 Å². The third kappa shape index (κ3) is 4.40. The number of carbonyl (C=O) groups excluding carboxylic acids is 1. The number of benzene rings is 1. The van der Waals surface area contributed by atoms with Crippen LogP contribution in [0.1, 0.15) is 56.9 Å². The molecule has 2 aliphatic carbocycles. The molecule has 0 bridgehead atoms. The number of fused-ring (bicyclic) bond motifs is 1. The van der Waals surface area contributed by atoms with E-state index in [4.69, 9.17) is 4.98 Å². The molecule has 1 aromatic heterocycles. The summed E-state index contributed by atoms with van der Waals surface area (Å²) in [6, 6.07) is 11.0. The minimum Gasteiger partial charge on any atom is -0.353 e. The number of nitrogens with zero attached hydrogens (tertiary/aromatic N) is 1. The summed E-state index contributed by atoms with van der Waals surface area (Å²) in [6.07, 6.45) is 11.2. The number of carbonyl (C=O) groups is 1. The van der Waals surface area contributed by atoms with Gasteiger partial charge < -0.3 is 5.32 Å². The molecular formula is C22H28N2OS. The second kappa shape index (κ2) is 8.43. The Hall–Kier alpha value is -1.55. The summed E-state index contributed by atoms with van der Waals surface area (Å²) in [4.78, 5) is 17.2. The average molecular weight is 369 g/mol. The van der Waals surface area contributed by atoms with Crippen molar-refractivity contribution in [2.45, 2.75) is 68.9 Å². The third-order valence-corrected chi connectivity index (χ3v) is 6.84. The predicted octanol–water partition coefficient (Wildman–Crippen LogP) is 5.12. The van der Waals surface area contributed by atoms with Crippen LogP contribution in [0, 0.1) is 5.92 Å². The van der Waals surface area contributed by atoms with Gasteiger partial charge in [0.05, 0.1) is 11.3 Å². The van der Waals surface area contributed by atoms with Gasteiger partial charge in [-0.15, -0.1) is 0 Å². The highest BCUT2D eigenvalue weighted by Gasteiger charge is 2.20. The Morgan fingerprint density at radius 2 is 1.81 bits per heavy atom. The molecule has 0 radical (unpaired) electrons. The highest BCUT2D eigenvalue weighted by molar-refractivity contribution is 7.99. The Kier molecular flexibility index (Phi) is 5.78. The number of pyridine rings is 1. The molecule has 0 aliphatic heterocycles. The molecule has 2 aliphatic rings. The van der Waals surface area contributed by atoms with E-state index in [1.165, 1.54) is 49.5 Å². The second-order valence-electron chi connectivity index (χ2n) is 7.84. The number of nitrogens with one attached hydrogen (secondary N) is 1. The molecule has 0 spiro atoms. The van der Waals surface area contributed by atoms with Gasteiger partial charge in [-0.2, -0.15) is 0 Å². The van der Waals surface area contributed by atoms with Crippen molar-refractivity contribution >= 4 is 28.6 Å². The molecule has 2 aromatic rings. The van der Waals surface area contributed by atoms with Gasteiger partial charge in [0.1, 0.15) is 5.03 Å². The van der Waals surface area contributed by atoms with Crippen LogP contribution in [0.5, 0.6) is 0 Å². The van der Waals surface area contributed by atoms with Crippen LogP contribution in [0.3, 0.4) is 0 Å². The monoisotopic (exact) mass is 368 g/mol. The van der Waals surface area contributed by atoms with E-state index in [1.54, 1.807) is 11.8 Å². The van der Waals surface area contributed by atoms with E-state index in [0.29, 0.717) is 11.8 Å². The van der Waals surface area contributed by atoms with Crippen molar-refractivity contribution in [2.75, 3.05) is 5.75 Å². The van der Waals surface area contributed by atoms with Crippen molar-refractivity contribution in [1.29, 1.82) is 0 Å². The molecule has 4 rings (SSSR count). The highest BCUT2D eigenvalue weighted by Crippen LogP contribution is 2.32. The lowest BCUT2D eigenvalue weighted by Gasteiger charge is -2.15. The van der Waals surface area contributed by atoms with Crippen LogP contribution in [-0.2, 0) is 11.2 Å². The summed E-state index contributed by atoms with van der Waals surface area (Å²) in [7, 11) is 0. The van der Waals surface area contributed by atoms with E-state index in [1.807, 2.05) is 6.07 Å². The fourth-order valence-electron chi connectivity index (χ4n) is 4.41. The van der Waals surface area contributed by atoms with Gasteiger partial charge in [-0.3, -0.25) is 4.79 Å². The number of hydrogen-bond donors (Lipinski definition) is 1. The van der Waals surface area contributed by atoms with Gasteiger partial charge in [0, 0.05) is 11.4 Å². The number of aromatic nitrogens is 1. The van der Waals surface area contributed by atoms with Crippen LogP contribution in [0.15, 0.2) is 35.4 Å². The molecule has 26 heavy (non-hydrogen) atoms. The summed E-state index contributed by atoms with van der Waals surface area (Å²) in [6.45, 7) is 0. The Bertz CT molecular complexity index is 764. The van der Waals surface area contributed by atoms with Crippen molar-refractivity contribution < 1.29 is 4.79 Å². The van der Waals surface area contributed by atoms with Gasteiger partial charge in [0.15, 0.2) is 0 Å². The van der Waals surface area contributed by atoms with Crippen molar-refractivity contribution in [3.63, 3.8) is 0 Å². The van der Waals surface area contributed by atoms with Gasteiger partial charge in [-0.05, 0) is 42.9 Å². The quantitative estimate of drug-likeness (QED) is 0.720. The topological polar surface area (TPSA) is 42.0 Å². The first-order valence-electron chi connectivity index (χ1n) is 10.1. The fourth-order valence-corrected chi connectivity index (χ4v) is 5.25. The molecule has 4 heteroatoms. The number of amides is 1. The normalized spacial score (nSPS) is 18.6. The lowest BCUT2D eigenvalue weighted by molar-refractivity contribution is -0.119. The zero-order chi connectivity index (χ0) is 17.8. The van der Waals surface area contributed by atoms with E-state index in [0.717, 1.165) is 35.7 Å². The Morgan fingerprint density at radius 3 is 2.62 bits per heavy atom. The standard InChI is InChI=1S/C22H28N2OS/c25-21(23-19-10-4-5-11-19)15-26-22-18(13-16-7-1-2-8-16)14-17-9-3-6-12-20(17)24-22/h3,6,9,12,14,16,19H,1-2,4-5,7-8,10-11,13,15H2,(H,23,25). The Balaban J connectivity index is 1.48. The molecular weight excluding hydrogens is 340 g/mol. The molecule has 1 heterocycles. The summed E-state index contributed by atoms with van der Waals surface area (Å²) in [5.41, 5.74) is 2.36. The number of hydrogen-bond acceptors (Lipinski definition) is 3. The molecule has 2 fully saturated rings. The molecule has 0 unspecified atom stereocenters. The summed E-state index contributed by atoms with van der Waals surface area (Å²) in [5, 5.41) is 5.45. The van der Waals surface area contributed by atoms with Crippen LogP contribution in [-0.4, -0.2) is 22.7 Å². The van der Waals surface area contributed by atoms with Gasteiger partial charge >= 0.3 is 0 Å². The van der Waals surface area contributed by atoms with Crippen LogP contribution >= 0.6 is 11.8 Å². The highest BCUT2D eigenvalue weighted by atomic mass is 32.2. The van der Waals surface area contributed by atoms with Crippen LogP contribution in [0.2, 0.25) is 0 Å². The molecule has 0 atom stereocenters. The van der Waals surface area contributed by atoms with Crippen LogP contribution in [0.25, 0.3) is 10.9 Å². The van der Waals surface area contributed by atoms with Gasteiger partial charge in [0.2, 0.25) is 5.91 Å². The largest absolute Gasteiger partial charge is 0.353 e. The first-order chi connectivity index (χ1) is 12.8. The summed E-state index contributed by atoms with van der Waals surface area (Å²) in [5.74, 6) is 1.41. The first kappa shape index (κ1) is 17.8. The first-order valence-corrected chi connectivity index (χ1v) is 11.1. The second-order valence-corrected chi connectivity index (χ2v) is 8.80. The molecule has 2 saturated carbocycles. The van der Waals surface area contributed by atoms with E-state index < -0.39 is 0 Å². The molecule has 1 amide bonds. The van der Waals surface area contributed by atoms with Crippen molar-refractivity contribution in [2.24, 2.45) is 5.92 Å². The van der Waals surface area contributed by atoms with E-state index >= 15 is 0 Å². The molecule has 1 aromatic carbocycles. The average Bonchev–Trinajstić information content (AvgIpc) is 3.34. The molecule has 0 saturated heterocycles. The molecule has 1 N–H and O–H groups in total.